The van der Waals surface area contributed by atoms with Crippen molar-refractivity contribution in [3.8, 4) is 0 Å². The third-order valence-corrected chi connectivity index (χ3v) is 4.82. The van der Waals surface area contributed by atoms with Crippen LogP contribution in [0.15, 0.2) is 24.3 Å². The highest BCUT2D eigenvalue weighted by Gasteiger charge is 2.42. The van der Waals surface area contributed by atoms with E-state index in [4.69, 9.17) is 5.11 Å². The highest BCUT2D eigenvalue weighted by Crippen LogP contribution is 2.41. The van der Waals surface area contributed by atoms with Crippen LogP contribution in [-0.4, -0.2) is 23.5 Å². The Morgan fingerprint density at radius 2 is 1.91 bits per heavy atom. The minimum Gasteiger partial charge on any atom is -0.481 e. The lowest BCUT2D eigenvalue weighted by molar-refractivity contribution is -0.137. The monoisotopic (exact) mass is 317 g/mol. The van der Waals surface area contributed by atoms with E-state index in [2.05, 4.69) is 30.4 Å². The molecule has 0 bridgehead atoms. The fourth-order valence-corrected chi connectivity index (χ4v) is 3.52. The van der Waals surface area contributed by atoms with E-state index in [1.54, 1.807) is 0 Å². The zero-order valence-electron chi connectivity index (χ0n) is 13.9. The van der Waals surface area contributed by atoms with Crippen LogP contribution >= 0.6 is 0 Å². The van der Waals surface area contributed by atoms with E-state index in [1.807, 2.05) is 6.07 Å². The van der Waals surface area contributed by atoms with E-state index in [9.17, 15) is 9.59 Å². The Kier molecular flexibility index (Phi) is 6.20. The zero-order chi connectivity index (χ0) is 16.7. The molecule has 0 spiro atoms. The van der Waals surface area contributed by atoms with Crippen molar-refractivity contribution in [2.75, 3.05) is 6.54 Å². The van der Waals surface area contributed by atoms with Crippen molar-refractivity contribution < 1.29 is 14.7 Å². The van der Waals surface area contributed by atoms with E-state index < -0.39 is 5.97 Å². The number of carboxylic acids is 1. The predicted molar refractivity (Wildman–Crippen MR) is 90.4 cm³/mol. The van der Waals surface area contributed by atoms with Crippen molar-refractivity contribution in [1.29, 1.82) is 0 Å². The number of nitrogens with one attached hydrogen (secondary N) is 1. The van der Waals surface area contributed by atoms with Crippen LogP contribution < -0.4 is 5.32 Å². The van der Waals surface area contributed by atoms with Gasteiger partial charge in [0.25, 0.3) is 0 Å². The highest BCUT2D eigenvalue weighted by molar-refractivity contribution is 5.88. The fourth-order valence-electron chi connectivity index (χ4n) is 3.52. The van der Waals surface area contributed by atoms with E-state index in [0.717, 1.165) is 44.1 Å². The van der Waals surface area contributed by atoms with Crippen molar-refractivity contribution in [2.45, 2.75) is 63.7 Å². The molecule has 0 atom stereocenters. The summed E-state index contributed by atoms with van der Waals surface area (Å²) in [6.45, 7) is 2.69. The van der Waals surface area contributed by atoms with Crippen molar-refractivity contribution >= 4 is 11.9 Å². The maximum atomic E-state index is 12.8. The van der Waals surface area contributed by atoms with Gasteiger partial charge in [0.05, 0.1) is 5.41 Å². The van der Waals surface area contributed by atoms with E-state index in [0.29, 0.717) is 13.0 Å². The minimum absolute atomic E-state index is 0.138. The van der Waals surface area contributed by atoms with Crippen LogP contribution in [0.3, 0.4) is 0 Å². The summed E-state index contributed by atoms with van der Waals surface area (Å²) in [5.41, 5.74) is 1.96. The quantitative estimate of drug-likeness (QED) is 0.720. The van der Waals surface area contributed by atoms with Gasteiger partial charge >= 0.3 is 5.97 Å². The van der Waals surface area contributed by atoms with E-state index in [-0.39, 0.29) is 17.7 Å². The summed E-state index contributed by atoms with van der Waals surface area (Å²) < 4.78 is 0. The summed E-state index contributed by atoms with van der Waals surface area (Å²) >= 11 is 0. The number of carboxylic acid groups (broad SMARTS) is 1. The van der Waals surface area contributed by atoms with Gasteiger partial charge in [-0.25, -0.2) is 0 Å². The second-order valence-electron chi connectivity index (χ2n) is 6.62. The molecule has 0 aliphatic heterocycles. The molecule has 1 aromatic rings. The number of rotatable bonds is 8. The van der Waals surface area contributed by atoms with Crippen molar-refractivity contribution in [1.82, 2.24) is 5.32 Å². The molecule has 4 nitrogen and oxygen atoms in total. The van der Waals surface area contributed by atoms with Crippen LogP contribution in [0.25, 0.3) is 0 Å². The molecule has 0 saturated heterocycles. The third-order valence-electron chi connectivity index (χ3n) is 4.82. The molecule has 1 aliphatic rings. The van der Waals surface area contributed by atoms with Gasteiger partial charge in [-0.15, -0.1) is 0 Å². The standard InChI is InChI=1S/C19H27NO3/c1-15-8-7-9-16(14-15)19(11-4-5-12-19)18(23)20-13-6-2-3-10-17(21)22/h7-9,14H,2-6,10-13H2,1H3,(H,20,23)(H,21,22). The van der Waals surface area contributed by atoms with Crippen LogP contribution in [-0.2, 0) is 15.0 Å². The Labute approximate surface area is 138 Å². The van der Waals surface area contributed by atoms with Crippen LogP contribution in [0.4, 0.5) is 0 Å². The largest absolute Gasteiger partial charge is 0.481 e. The average Bonchev–Trinajstić information content (AvgIpc) is 3.01. The number of hydrogen-bond acceptors (Lipinski definition) is 2. The summed E-state index contributed by atoms with van der Waals surface area (Å²) in [6, 6.07) is 8.30. The fraction of sp³-hybridized carbons (Fsp3) is 0.579. The first-order valence-corrected chi connectivity index (χ1v) is 8.62. The van der Waals surface area contributed by atoms with Gasteiger partial charge in [-0.05, 0) is 38.2 Å². The molecule has 1 aromatic carbocycles. The molecule has 1 amide bonds. The molecular weight excluding hydrogens is 290 g/mol. The molecule has 0 aromatic heterocycles. The Morgan fingerprint density at radius 3 is 2.57 bits per heavy atom. The molecule has 0 unspecified atom stereocenters. The molecule has 23 heavy (non-hydrogen) atoms. The molecule has 1 saturated carbocycles. The Balaban J connectivity index is 1.90. The summed E-state index contributed by atoms with van der Waals surface area (Å²) in [7, 11) is 0. The number of unbranched alkanes of at least 4 members (excludes halogenated alkanes) is 2. The molecule has 2 rings (SSSR count). The normalized spacial score (nSPS) is 16.2. The first-order chi connectivity index (χ1) is 11.0. The van der Waals surface area contributed by atoms with Crippen LogP contribution in [0.1, 0.15) is 62.5 Å². The van der Waals surface area contributed by atoms with Crippen LogP contribution in [0.2, 0.25) is 0 Å². The highest BCUT2D eigenvalue weighted by atomic mass is 16.4. The van der Waals surface area contributed by atoms with Gasteiger partial charge in [0.2, 0.25) is 5.91 Å². The summed E-state index contributed by atoms with van der Waals surface area (Å²) in [4.78, 5) is 23.3. The molecule has 2 N–H and O–H groups in total. The molecule has 126 valence electrons. The number of carbonyl (C=O) groups excluding carboxylic acids is 1. The lowest BCUT2D eigenvalue weighted by Crippen LogP contribution is -2.43. The first kappa shape index (κ1) is 17.5. The van der Waals surface area contributed by atoms with E-state index >= 15 is 0 Å². The molecule has 0 heterocycles. The topological polar surface area (TPSA) is 66.4 Å². The Morgan fingerprint density at radius 1 is 1.17 bits per heavy atom. The molecule has 1 aliphatic carbocycles. The molecule has 4 heteroatoms. The number of aliphatic carboxylic acids is 1. The van der Waals surface area contributed by atoms with Gasteiger partial charge in [-0.2, -0.15) is 0 Å². The number of hydrogen-bond donors (Lipinski definition) is 2. The SMILES string of the molecule is Cc1cccc(C2(C(=O)NCCCCCC(=O)O)CCCC2)c1. The van der Waals surface area contributed by atoms with Crippen molar-refractivity contribution in [3.05, 3.63) is 35.4 Å². The summed E-state index contributed by atoms with van der Waals surface area (Å²) in [5, 5.41) is 11.7. The summed E-state index contributed by atoms with van der Waals surface area (Å²) in [6.07, 6.45) is 6.59. The average molecular weight is 317 g/mol. The van der Waals surface area contributed by atoms with Gasteiger partial charge in [-0.1, -0.05) is 49.1 Å². The van der Waals surface area contributed by atoms with Gasteiger partial charge in [0.1, 0.15) is 0 Å². The second-order valence-corrected chi connectivity index (χ2v) is 6.62. The number of amides is 1. The zero-order valence-corrected chi connectivity index (χ0v) is 13.9. The number of carbonyl (C=O) groups is 2. The Bertz CT molecular complexity index is 547. The number of aryl methyl sites for hydroxylation is 1. The lowest BCUT2D eigenvalue weighted by atomic mass is 9.77. The maximum Gasteiger partial charge on any atom is 0.303 e. The summed E-state index contributed by atoms with van der Waals surface area (Å²) in [5.74, 6) is -0.614. The van der Waals surface area contributed by atoms with Crippen LogP contribution in [0.5, 0.6) is 0 Å². The van der Waals surface area contributed by atoms with Gasteiger partial charge in [0.15, 0.2) is 0 Å². The van der Waals surface area contributed by atoms with E-state index in [1.165, 1.54) is 5.56 Å². The van der Waals surface area contributed by atoms with Crippen molar-refractivity contribution in [2.24, 2.45) is 0 Å². The predicted octanol–water partition coefficient (Wildman–Crippen LogP) is 3.57. The van der Waals surface area contributed by atoms with Gasteiger partial charge in [0, 0.05) is 13.0 Å². The third kappa shape index (κ3) is 4.57. The van der Waals surface area contributed by atoms with Gasteiger partial charge in [-0.3, -0.25) is 9.59 Å². The molecule has 0 radical (unpaired) electrons. The maximum absolute atomic E-state index is 12.8. The smallest absolute Gasteiger partial charge is 0.303 e. The lowest BCUT2D eigenvalue weighted by Gasteiger charge is -2.28. The molecule has 1 fully saturated rings. The molecular formula is C19H27NO3. The van der Waals surface area contributed by atoms with Crippen molar-refractivity contribution in [3.63, 3.8) is 0 Å². The Hall–Kier alpha value is -1.84. The minimum atomic E-state index is -0.751. The second kappa shape index (κ2) is 8.14. The van der Waals surface area contributed by atoms with Crippen LogP contribution in [0, 0.1) is 6.92 Å². The first-order valence-electron chi connectivity index (χ1n) is 8.62. The van der Waals surface area contributed by atoms with Gasteiger partial charge < -0.3 is 10.4 Å². The number of benzene rings is 1.